The lowest BCUT2D eigenvalue weighted by Gasteiger charge is -2.61. The van der Waals surface area contributed by atoms with Crippen molar-refractivity contribution in [2.75, 3.05) is 13.7 Å². The molecule has 4 bridgehead atoms. The zero-order chi connectivity index (χ0) is 12.1. The summed E-state index contributed by atoms with van der Waals surface area (Å²) >= 11 is 0. The van der Waals surface area contributed by atoms with Gasteiger partial charge in [-0.3, -0.25) is 4.79 Å². The van der Waals surface area contributed by atoms with Crippen molar-refractivity contribution in [2.24, 2.45) is 11.8 Å². The third kappa shape index (κ3) is 1.87. The summed E-state index contributed by atoms with van der Waals surface area (Å²) in [6, 6.07) is 0. The summed E-state index contributed by atoms with van der Waals surface area (Å²) in [5.41, 5.74) is 0.0775. The molecule has 4 aliphatic rings. The summed E-state index contributed by atoms with van der Waals surface area (Å²) < 4.78 is 5.79. The van der Waals surface area contributed by atoms with E-state index in [1.165, 1.54) is 19.3 Å². The monoisotopic (exact) mass is 239 g/mol. The van der Waals surface area contributed by atoms with Crippen LogP contribution in [0.15, 0.2) is 0 Å². The Labute approximate surface area is 102 Å². The summed E-state index contributed by atoms with van der Waals surface area (Å²) in [5, 5.41) is 12.1. The summed E-state index contributed by atoms with van der Waals surface area (Å²) in [4.78, 5) is 10.7. The van der Waals surface area contributed by atoms with Crippen molar-refractivity contribution in [3.8, 4) is 0 Å². The number of carbonyl (C=O) groups is 1. The van der Waals surface area contributed by atoms with Gasteiger partial charge in [0.25, 0.3) is 0 Å². The van der Waals surface area contributed by atoms with Gasteiger partial charge in [-0.05, 0) is 50.4 Å². The average Bonchev–Trinajstić information content (AvgIpc) is 2.25. The molecular formula is C13H21NO3. The first-order valence-corrected chi connectivity index (χ1v) is 6.57. The van der Waals surface area contributed by atoms with Crippen LogP contribution in [0.1, 0.15) is 38.5 Å². The van der Waals surface area contributed by atoms with E-state index >= 15 is 0 Å². The Morgan fingerprint density at radius 3 is 2.53 bits per heavy atom. The molecule has 17 heavy (non-hydrogen) atoms. The highest BCUT2D eigenvalue weighted by Crippen LogP contribution is 2.58. The molecule has 0 saturated heterocycles. The summed E-state index contributed by atoms with van der Waals surface area (Å²) in [5.74, 6) is 0.710. The molecule has 0 aromatic carbocycles. The van der Waals surface area contributed by atoms with E-state index in [1.54, 1.807) is 0 Å². The molecule has 4 rings (SSSR count). The van der Waals surface area contributed by atoms with Gasteiger partial charge in [-0.2, -0.15) is 0 Å². The minimum Gasteiger partial charge on any atom is -0.480 e. The number of nitrogens with one attached hydrogen (secondary N) is 1. The van der Waals surface area contributed by atoms with E-state index in [4.69, 9.17) is 9.84 Å². The maximum Gasteiger partial charge on any atom is 0.317 e. The van der Waals surface area contributed by atoms with Gasteiger partial charge in [-0.1, -0.05) is 0 Å². The molecule has 0 spiro atoms. The summed E-state index contributed by atoms with van der Waals surface area (Å²) in [7, 11) is 1.82. The van der Waals surface area contributed by atoms with Crippen LogP contribution in [0.2, 0.25) is 0 Å². The van der Waals surface area contributed by atoms with E-state index in [-0.39, 0.29) is 17.7 Å². The van der Waals surface area contributed by atoms with Gasteiger partial charge in [0.1, 0.15) is 0 Å². The molecule has 0 radical (unpaired) electrons. The highest BCUT2D eigenvalue weighted by atomic mass is 16.5. The molecule has 4 nitrogen and oxygen atoms in total. The maximum atomic E-state index is 10.7. The lowest BCUT2D eigenvalue weighted by molar-refractivity contribution is -0.163. The molecule has 0 aliphatic heterocycles. The molecule has 0 heterocycles. The Hall–Kier alpha value is -0.610. The Morgan fingerprint density at radius 2 is 2.00 bits per heavy atom. The Morgan fingerprint density at radius 1 is 1.35 bits per heavy atom. The fourth-order valence-corrected chi connectivity index (χ4v) is 4.89. The number of ether oxygens (including phenoxy) is 1. The fraction of sp³-hybridized carbons (Fsp3) is 0.923. The van der Waals surface area contributed by atoms with Crippen LogP contribution in [0.5, 0.6) is 0 Å². The van der Waals surface area contributed by atoms with Gasteiger partial charge in [0, 0.05) is 12.6 Å². The summed E-state index contributed by atoms with van der Waals surface area (Å²) in [6.45, 7) is 0.0826. The Kier molecular flexibility index (Phi) is 2.49. The van der Waals surface area contributed by atoms with Crippen LogP contribution in [0.25, 0.3) is 0 Å². The van der Waals surface area contributed by atoms with Crippen molar-refractivity contribution >= 4 is 5.97 Å². The zero-order valence-electron chi connectivity index (χ0n) is 10.4. The van der Waals surface area contributed by atoms with Crippen LogP contribution in [-0.2, 0) is 9.53 Å². The summed E-state index contributed by atoms with van der Waals surface area (Å²) in [6.07, 6.45) is 6.95. The van der Waals surface area contributed by atoms with Crippen LogP contribution in [-0.4, -0.2) is 35.9 Å². The van der Waals surface area contributed by atoms with Crippen LogP contribution < -0.4 is 5.32 Å². The molecular weight excluding hydrogens is 218 g/mol. The number of rotatable bonds is 4. The SMILES string of the molecule is COC12CC3CC(CC(NCC(=O)O)(C3)C1)C2. The maximum absolute atomic E-state index is 10.7. The first-order chi connectivity index (χ1) is 8.05. The third-order valence-corrected chi connectivity index (χ3v) is 5.06. The Balaban J connectivity index is 1.80. The number of carboxylic acid groups (broad SMARTS) is 1. The topological polar surface area (TPSA) is 58.6 Å². The molecule has 2 atom stereocenters. The number of hydrogen-bond acceptors (Lipinski definition) is 3. The Bertz CT molecular complexity index is 328. The molecule has 4 fully saturated rings. The minimum atomic E-state index is -0.757. The van der Waals surface area contributed by atoms with E-state index < -0.39 is 5.97 Å². The molecule has 4 heteroatoms. The molecule has 0 aromatic heterocycles. The van der Waals surface area contributed by atoms with Crippen LogP contribution >= 0.6 is 0 Å². The predicted octanol–water partition coefficient (Wildman–Crippen LogP) is 1.40. The highest BCUT2D eigenvalue weighted by Gasteiger charge is 2.57. The average molecular weight is 239 g/mol. The second-order valence-electron chi connectivity index (χ2n) is 6.38. The van der Waals surface area contributed by atoms with Crippen molar-refractivity contribution < 1.29 is 14.6 Å². The number of aliphatic carboxylic acids is 1. The van der Waals surface area contributed by atoms with Gasteiger partial charge in [0.05, 0.1) is 12.1 Å². The van der Waals surface area contributed by atoms with Crippen molar-refractivity contribution in [2.45, 2.75) is 49.7 Å². The smallest absolute Gasteiger partial charge is 0.317 e. The normalized spacial score (nSPS) is 47.4. The first kappa shape index (κ1) is 11.5. The van der Waals surface area contributed by atoms with E-state index in [2.05, 4.69) is 5.32 Å². The largest absolute Gasteiger partial charge is 0.480 e. The molecule has 2 N–H and O–H groups in total. The van der Waals surface area contributed by atoms with Gasteiger partial charge >= 0.3 is 5.97 Å². The second kappa shape index (κ2) is 3.69. The van der Waals surface area contributed by atoms with Gasteiger partial charge < -0.3 is 15.2 Å². The number of hydrogen-bond donors (Lipinski definition) is 2. The zero-order valence-corrected chi connectivity index (χ0v) is 10.4. The van der Waals surface area contributed by atoms with Gasteiger partial charge in [-0.25, -0.2) is 0 Å². The van der Waals surface area contributed by atoms with Crippen LogP contribution in [0.3, 0.4) is 0 Å². The van der Waals surface area contributed by atoms with Crippen LogP contribution in [0.4, 0.5) is 0 Å². The van der Waals surface area contributed by atoms with Crippen molar-refractivity contribution in [3.05, 3.63) is 0 Å². The van der Waals surface area contributed by atoms with E-state index in [0.717, 1.165) is 31.1 Å². The minimum absolute atomic E-state index is 0.0373. The fourth-order valence-electron chi connectivity index (χ4n) is 4.89. The number of methoxy groups -OCH3 is 1. The lowest BCUT2D eigenvalue weighted by atomic mass is 9.51. The van der Waals surface area contributed by atoms with Gasteiger partial charge in [-0.15, -0.1) is 0 Å². The van der Waals surface area contributed by atoms with Crippen molar-refractivity contribution in [1.82, 2.24) is 5.32 Å². The quantitative estimate of drug-likeness (QED) is 0.778. The molecule has 96 valence electrons. The van der Waals surface area contributed by atoms with Crippen LogP contribution in [0, 0.1) is 11.8 Å². The van der Waals surface area contributed by atoms with Gasteiger partial charge in [0.15, 0.2) is 0 Å². The van der Waals surface area contributed by atoms with E-state index in [0.29, 0.717) is 0 Å². The van der Waals surface area contributed by atoms with Crippen molar-refractivity contribution in [3.63, 3.8) is 0 Å². The molecule has 2 unspecified atom stereocenters. The van der Waals surface area contributed by atoms with Crippen molar-refractivity contribution in [1.29, 1.82) is 0 Å². The van der Waals surface area contributed by atoms with Gasteiger partial charge in [0.2, 0.25) is 0 Å². The van der Waals surface area contributed by atoms with E-state index in [1.807, 2.05) is 7.11 Å². The van der Waals surface area contributed by atoms with E-state index in [9.17, 15) is 4.79 Å². The molecule has 0 aromatic rings. The third-order valence-electron chi connectivity index (χ3n) is 5.06. The predicted molar refractivity (Wildman–Crippen MR) is 62.8 cm³/mol. The highest BCUT2D eigenvalue weighted by molar-refractivity contribution is 5.69. The molecule has 0 amide bonds. The number of carboxylic acids is 1. The lowest BCUT2D eigenvalue weighted by Crippen LogP contribution is -2.65. The molecule has 4 aliphatic carbocycles. The first-order valence-electron chi connectivity index (χ1n) is 6.57. The molecule has 4 saturated carbocycles. The standard InChI is InChI=1S/C13H21NO3/c1-17-13-5-9-2-10(6-13)4-12(3-9,8-13)14-7-11(15)16/h9-10,14H,2-8H2,1H3,(H,15,16). The second-order valence-corrected chi connectivity index (χ2v) is 6.38.